The molecule has 1 spiro atoms. The Labute approximate surface area is 128 Å². The van der Waals surface area contributed by atoms with Crippen LogP contribution >= 0.6 is 0 Å². The van der Waals surface area contributed by atoms with Crippen LogP contribution in [0.1, 0.15) is 40.0 Å². The smallest absolute Gasteiger partial charge is 0.245 e. The van der Waals surface area contributed by atoms with Gasteiger partial charge in [-0.15, -0.1) is 0 Å². The number of hydrogen-bond donors (Lipinski definition) is 0. The summed E-state index contributed by atoms with van der Waals surface area (Å²) in [7, 11) is 0. The molecular weight excluding hydrogens is 264 g/mol. The van der Waals surface area contributed by atoms with Crippen LogP contribution in [0, 0.1) is 17.3 Å². The van der Waals surface area contributed by atoms with Gasteiger partial charge >= 0.3 is 0 Å². The summed E-state index contributed by atoms with van der Waals surface area (Å²) in [5, 5.41) is 0. The van der Waals surface area contributed by atoms with Crippen molar-refractivity contribution in [3.63, 3.8) is 0 Å². The Morgan fingerprint density at radius 2 is 1.81 bits per heavy atom. The molecule has 1 atom stereocenters. The molecule has 0 aromatic heterocycles. The predicted octanol–water partition coefficient (Wildman–Crippen LogP) is 2.31. The fourth-order valence-electron chi connectivity index (χ4n) is 3.86. The zero-order valence-electron chi connectivity index (χ0n) is 13.6. The Morgan fingerprint density at radius 3 is 2.29 bits per heavy atom. The maximum atomic E-state index is 12.3. The van der Waals surface area contributed by atoms with E-state index in [1.54, 1.807) is 0 Å². The minimum Gasteiger partial charge on any atom is -0.342 e. The Morgan fingerprint density at radius 1 is 1.19 bits per heavy atom. The van der Waals surface area contributed by atoms with Crippen molar-refractivity contribution in [2.75, 3.05) is 26.2 Å². The van der Waals surface area contributed by atoms with E-state index in [0.717, 1.165) is 45.4 Å². The van der Waals surface area contributed by atoms with Gasteiger partial charge in [0.2, 0.25) is 11.8 Å². The molecule has 1 unspecified atom stereocenters. The lowest BCUT2D eigenvalue weighted by Gasteiger charge is -2.58. The summed E-state index contributed by atoms with van der Waals surface area (Å²) in [5.41, 5.74) is 0.254. The lowest BCUT2D eigenvalue weighted by atomic mass is 9.57. The fourth-order valence-corrected chi connectivity index (χ4v) is 3.86. The van der Waals surface area contributed by atoms with Crippen molar-refractivity contribution in [3.05, 3.63) is 12.7 Å². The summed E-state index contributed by atoms with van der Waals surface area (Å²) >= 11 is 0. The summed E-state index contributed by atoms with van der Waals surface area (Å²) in [6, 6.07) is 0. The van der Waals surface area contributed by atoms with Gasteiger partial charge in [-0.1, -0.05) is 27.4 Å². The molecule has 4 heteroatoms. The Hall–Kier alpha value is -1.32. The highest BCUT2D eigenvalue weighted by atomic mass is 16.2. The maximum absolute atomic E-state index is 12.3. The lowest BCUT2D eigenvalue weighted by Crippen LogP contribution is -2.65. The van der Waals surface area contributed by atoms with E-state index in [9.17, 15) is 9.59 Å². The summed E-state index contributed by atoms with van der Waals surface area (Å²) in [4.78, 5) is 27.6. The van der Waals surface area contributed by atoms with Crippen LogP contribution in [0.3, 0.4) is 0 Å². The molecule has 21 heavy (non-hydrogen) atoms. The molecule has 2 amide bonds. The van der Waals surface area contributed by atoms with Gasteiger partial charge in [-0.05, 0) is 31.3 Å². The average Bonchev–Trinajstić information content (AvgIpc) is 2.84. The number of nitrogens with zero attached hydrogens (tertiary/aromatic N) is 2. The van der Waals surface area contributed by atoms with Gasteiger partial charge in [-0.2, -0.15) is 0 Å². The van der Waals surface area contributed by atoms with Gasteiger partial charge in [-0.25, -0.2) is 0 Å². The van der Waals surface area contributed by atoms with Gasteiger partial charge in [0.15, 0.2) is 0 Å². The van der Waals surface area contributed by atoms with Gasteiger partial charge in [0.1, 0.15) is 0 Å². The molecule has 2 heterocycles. The third-order valence-corrected chi connectivity index (χ3v) is 4.98. The van der Waals surface area contributed by atoms with Crippen LogP contribution < -0.4 is 0 Å². The zero-order valence-corrected chi connectivity index (χ0v) is 13.6. The zero-order chi connectivity index (χ0) is 15.6. The molecule has 118 valence electrons. The standard InChI is InChI=1S/C15H22N2O2.C2H6/c1-3-13(18)17-9-15(10-17)6-12(7-15)14(19)16-5-4-11(2)8-16;1-2/h3,11-12H,1,4-10H2,2H3;1-2H3. The third kappa shape index (κ3) is 2.99. The summed E-state index contributed by atoms with van der Waals surface area (Å²) in [6.45, 7) is 13.2. The minimum absolute atomic E-state index is 0.0220. The van der Waals surface area contributed by atoms with Gasteiger partial charge in [0, 0.05) is 37.5 Å². The normalized spacial score (nSPS) is 26.5. The summed E-state index contributed by atoms with van der Waals surface area (Å²) in [5.74, 6) is 1.24. The highest BCUT2D eigenvalue weighted by Gasteiger charge is 2.55. The minimum atomic E-state index is 0.0220. The number of likely N-dealkylation sites (tertiary alicyclic amines) is 2. The molecule has 3 rings (SSSR count). The third-order valence-electron chi connectivity index (χ3n) is 4.98. The molecule has 4 nitrogen and oxygen atoms in total. The van der Waals surface area contributed by atoms with Crippen molar-refractivity contribution in [1.29, 1.82) is 0 Å². The maximum Gasteiger partial charge on any atom is 0.245 e. The first-order valence-corrected chi connectivity index (χ1v) is 8.23. The van der Waals surface area contributed by atoms with Crippen molar-refractivity contribution in [2.45, 2.75) is 40.0 Å². The summed E-state index contributed by atoms with van der Waals surface area (Å²) in [6.07, 6.45) is 4.46. The molecule has 1 saturated carbocycles. The molecule has 0 radical (unpaired) electrons. The first-order chi connectivity index (χ1) is 10.0. The van der Waals surface area contributed by atoms with Crippen molar-refractivity contribution < 1.29 is 9.59 Å². The van der Waals surface area contributed by atoms with Gasteiger partial charge in [0.25, 0.3) is 0 Å². The molecule has 0 aromatic carbocycles. The number of rotatable bonds is 2. The van der Waals surface area contributed by atoms with E-state index in [4.69, 9.17) is 0 Å². The van der Waals surface area contributed by atoms with E-state index in [0.29, 0.717) is 11.8 Å². The molecular formula is C17H28N2O2. The van der Waals surface area contributed by atoms with Crippen molar-refractivity contribution in [1.82, 2.24) is 9.80 Å². The monoisotopic (exact) mass is 292 g/mol. The summed E-state index contributed by atoms with van der Waals surface area (Å²) < 4.78 is 0. The second-order valence-corrected chi connectivity index (χ2v) is 6.68. The van der Waals surface area contributed by atoms with E-state index in [1.165, 1.54) is 6.08 Å². The van der Waals surface area contributed by atoms with Crippen LogP contribution in [0.4, 0.5) is 0 Å². The first kappa shape index (κ1) is 16.1. The van der Waals surface area contributed by atoms with E-state index in [1.807, 2.05) is 23.6 Å². The Kier molecular flexibility index (Phi) is 4.74. The Bertz CT molecular complexity index is 419. The van der Waals surface area contributed by atoms with Crippen molar-refractivity contribution in [3.8, 4) is 0 Å². The number of carbonyl (C=O) groups is 2. The number of hydrogen-bond acceptors (Lipinski definition) is 2. The van der Waals surface area contributed by atoms with Crippen LogP contribution in [-0.2, 0) is 9.59 Å². The molecule has 2 aliphatic heterocycles. The topological polar surface area (TPSA) is 40.6 Å². The fraction of sp³-hybridized carbons (Fsp3) is 0.765. The van der Waals surface area contributed by atoms with Crippen LogP contribution in [0.5, 0.6) is 0 Å². The van der Waals surface area contributed by atoms with E-state index in [-0.39, 0.29) is 17.2 Å². The number of amides is 2. The largest absolute Gasteiger partial charge is 0.342 e. The van der Waals surface area contributed by atoms with E-state index >= 15 is 0 Å². The van der Waals surface area contributed by atoms with Crippen LogP contribution in [-0.4, -0.2) is 47.8 Å². The lowest BCUT2D eigenvalue weighted by molar-refractivity contribution is -0.160. The second-order valence-electron chi connectivity index (χ2n) is 6.68. The van der Waals surface area contributed by atoms with Crippen LogP contribution in [0.2, 0.25) is 0 Å². The molecule has 3 fully saturated rings. The highest BCUT2D eigenvalue weighted by Crippen LogP contribution is 2.52. The quantitative estimate of drug-likeness (QED) is 0.733. The molecule has 1 aliphatic carbocycles. The second kappa shape index (κ2) is 6.20. The average molecular weight is 292 g/mol. The predicted molar refractivity (Wildman–Crippen MR) is 83.6 cm³/mol. The first-order valence-electron chi connectivity index (χ1n) is 8.23. The molecule has 0 aromatic rings. The van der Waals surface area contributed by atoms with Gasteiger partial charge < -0.3 is 9.80 Å². The molecule has 0 N–H and O–H groups in total. The van der Waals surface area contributed by atoms with Gasteiger partial charge in [0.05, 0.1) is 0 Å². The SMILES string of the molecule is C=CC(=O)N1CC2(CC(C(=O)N3CCC(C)C3)C2)C1.CC. The van der Waals surface area contributed by atoms with Crippen molar-refractivity contribution >= 4 is 11.8 Å². The van der Waals surface area contributed by atoms with Gasteiger partial charge in [-0.3, -0.25) is 9.59 Å². The van der Waals surface area contributed by atoms with E-state index in [2.05, 4.69) is 13.5 Å². The highest BCUT2D eigenvalue weighted by molar-refractivity contribution is 5.88. The van der Waals surface area contributed by atoms with Crippen molar-refractivity contribution in [2.24, 2.45) is 17.3 Å². The van der Waals surface area contributed by atoms with Crippen LogP contribution in [0.25, 0.3) is 0 Å². The Balaban J connectivity index is 0.000000774. The molecule has 0 bridgehead atoms. The molecule has 3 aliphatic rings. The van der Waals surface area contributed by atoms with Crippen LogP contribution in [0.15, 0.2) is 12.7 Å². The number of carbonyl (C=O) groups excluding carboxylic acids is 2. The van der Waals surface area contributed by atoms with E-state index < -0.39 is 0 Å². The molecule has 2 saturated heterocycles.